The van der Waals surface area contributed by atoms with Gasteiger partial charge in [-0.2, -0.15) is 8.42 Å². The Morgan fingerprint density at radius 3 is 2.85 bits per heavy atom. The maximum atomic E-state index is 12.1. The number of likely N-dealkylation sites (tertiary alicyclic amines) is 1. The van der Waals surface area contributed by atoms with Crippen molar-refractivity contribution in [3.05, 3.63) is 29.8 Å². The Morgan fingerprint density at radius 1 is 1.35 bits per heavy atom. The van der Waals surface area contributed by atoms with Crippen molar-refractivity contribution < 1.29 is 8.42 Å². The summed E-state index contributed by atoms with van der Waals surface area (Å²) >= 11 is 0. The summed E-state index contributed by atoms with van der Waals surface area (Å²) in [7, 11) is -3.49. The summed E-state index contributed by atoms with van der Waals surface area (Å²) in [5, 5.41) is 0. The van der Waals surface area contributed by atoms with Crippen molar-refractivity contribution in [3.63, 3.8) is 0 Å². The van der Waals surface area contributed by atoms with Gasteiger partial charge < -0.3 is 4.90 Å². The topological polar surface area (TPSA) is 49.7 Å². The molecule has 0 bridgehead atoms. The summed E-state index contributed by atoms with van der Waals surface area (Å²) in [4.78, 5) is 2.48. The summed E-state index contributed by atoms with van der Waals surface area (Å²) in [5.41, 5.74) is 0.762. The monoisotopic (exact) mass is 292 g/mol. The Morgan fingerprint density at radius 2 is 2.10 bits per heavy atom. The average Bonchev–Trinajstić information content (AvgIpc) is 2.93. The Kier molecular flexibility index (Phi) is 3.32. The van der Waals surface area contributed by atoms with Crippen LogP contribution < -0.4 is 0 Å². The van der Waals surface area contributed by atoms with E-state index in [0.717, 1.165) is 25.1 Å². The molecule has 5 heteroatoms. The molecule has 108 valence electrons. The van der Waals surface area contributed by atoms with Crippen LogP contribution in [0.25, 0.3) is 0 Å². The molecule has 1 saturated heterocycles. The first-order valence-electron chi connectivity index (χ1n) is 7.16. The first-order chi connectivity index (χ1) is 9.47. The van der Waals surface area contributed by atoms with Crippen LogP contribution in [0.1, 0.15) is 32.3 Å². The molecule has 20 heavy (non-hydrogen) atoms. The molecule has 1 atom stereocenters. The lowest BCUT2D eigenvalue weighted by molar-refractivity contribution is 0.410. The van der Waals surface area contributed by atoms with Crippen molar-refractivity contribution in [2.75, 3.05) is 13.1 Å². The smallest absolute Gasteiger partial charge is 0.285 e. The number of rotatable bonds is 2. The zero-order valence-electron chi connectivity index (χ0n) is 11.9. The molecule has 2 aliphatic rings. The van der Waals surface area contributed by atoms with Gasteiger partial charge >= 0.3 is 0 Å². The van der Waals surface area contributed by atoms with Crippen molar-refractivity contribution in [3.8, 4) is 0 Å². The molecule has 0 saturated carbocycles. The zero-order chi connectivity index (χ0) is 14.3. The maximum absolute atomic E-state index is 12.1. The molecular formula is C15H20N2O2S. The van der Waals surface area contributed by atoms with Crippen LogP contribution in [0.2, 0.25) is 0 Å². The number of fused-ring (bicyclic) bond motifs is 1. The number of amidine groups is 1. The summed E-state index contributed by atoms with van der Waals surface area (Å²) in [6.07, 6.45) is 2.32. The molecule has 3 rings (SSSR count). The Bertz CT molecular complexity index is 650. The Hall–Kier alpha value is -1.36. The quantitative estimate of drug-likeness (QED) is 0.841. The lowest BCUT2D eigenvalue weighted by atomic mass is 9.97. The first kappa shape index (κ1) is 13.6. The molecule has 1 aromatic carbocycles. The van der Waals surface area contributed by atoms with Crippen molar-refractivity contribution >= 4 is 15.9 Å². The highest BCUT2D eigenvalue weighted by Gasteiger charge is 2.34. The van der Waals surface area contributed by atoms with E-state index in [0.29, 0.717) is 22.6 Å². The van der Waals surface area contributed by atoms with Crippen LogP contribution in [0, 0.1) is 11.8 Å². The highest BCUT2D eigenvalue weighted by molar-refractivity contribution is 7.90. The molecule has 0 amide bonds. The van der Waals surface area contributed by atoms with Crippen LogP contribution in [0.4, 0.5) is 0 Å². The maximum Gasteiger partial charge on any atom is 0.285 e. The Labute approximate surface area is 120 Å². The summed E-state index contributed by atoms with van der Waals surface area (Å²) < 4.78 is 28.1. The van der Waals surface area contributed by atoms with Crippen LogP contribution in [-0.4, -0.2) is 32.2 Å². The fourth-order valence-electron chi connectivity index (χ4n) is 3.20. The summed E-state index contributed by atoms with van der Waals surface area (Å²) in [6.45, 7) is 6.28. The molecule has 0 N–H and O–H groups in total. The third kappa shape index (κ3) is 2.35. The van der Waals surface area contributed by atoms with E-state index in [1.54, 1.807) is 12.1 Å². The van der Waals surface area contributed by atoms with Gasteiger partial charge in [0.2, 0.25) is 0 Å². The molecule has 2 heterocycles. The molecule has 1 aromatic rings. The Balaban J connectivity index is 1.86. The van der Waals surface area contributed by atoms with Crippen LogP contribution in [0.5, 0.6) is 0 Å². The van der Waals surface area contributed by atoms with Gasteiger partial charge in [0.05, 0.1) is 0 Å². The van der Waals surface area contributed by atoms with Crippen molar-refractivity contribution in [1.29, 1.82) is 0 Å². The third-order valence-corrected chi connectivity index (χ3v) is 5.33. The lowest BCUT2D eigenvalue weighted by Crippen LogP contribution is -2.28. The minimum atomic E-state index is -3.49. The molecule has 1 fully saturated rings. The van der Waals surface area contributed by atoms with E-state index in [-0.39, 0.29) is 0 Å². The van der Waals surface area contributed by atoms with Crippen LogP contribution in [0.15, 0.2) is 33.6 Å². The standard InChI is InChI=1S/C15H20N2O2S/c1-11(2)9-12-7-8-17(10-12)15-13-5-3-4-6-14(13)20(18,19)16-15/h3-6,11-12H,7-10H2,1-2H3. The first-order valence-corrected chi connectivity index (χ1v) is 8.60. The number of hydrogen-bond donors (Lipinski definition) is 0. The fraction of sp³-hybridized carbons (Fsp3) is 0.533. The molecule has 2 aliphatic heterocycles. The van der Waals surface area contributed by atoms with E-state index in [4.69, 9.17) is 0 Å². The summed E-state index contributed by atoms with van der Waals surface area (Å²) in [6, 6.07) is 7.12. The number of nitrogens with zero attached hydrogens (tertiary/aromatic N) is 2. The van der Waals surface area contributed by atoms with Crippen molar-refractivity contribution in [1.82, 2.24) is 4.90 Å². The molecule has 1 unspecified atom stereocenters. The number of benzene rings is 1. The number of sulfonamides is 1. The van der Waals surface area contributed by atoms with Crippen molar-refractivity contribution in [2.45, 2.75) is 31.6 Å². The van der Waals surface area contributed by atoms with Gasteiger partial charge in [0.25, 0.3) is 10.0 Å². The normalized spacial score (nSPS) is 24.1. The van der Waals surface area contributed by atoms with E-state index >= 15 is 0 Å². The molecule has 4 nitrogen and oxygen atoms in total. The average molecular weight is 292 g/mol. The summed E-state index contributed by atoms with van der Waals surface area (Å²) in [5.74, 6) is 1.97. The van der Waals surface area contributed by atoms with E-state index in [2.05, 4.69) is 23.1 Å². The van der Waals surface area contributed by atoms with E-state index in [1.807, 2.05) is 12.1 Å². The minimum absolute atomic E-state index is 0.349. The second kappa shape index (κ2) is 4.88. The van der Waals surface area contributed by atoms with Crippen LogP contribution in [-0.2, 0) is 10.0 Å². The van der Waals surface area contributed by atoms with Crippen LogP contribution in [0.3, 0.4) is 0 Å². The van der Waals surface area contributed by atoms with E-state index < -0.39 is 10.0 Å². The van der Waals surface area contributed by atoms with Gasteiger partial charge in [-0.25, -0.2) is 0 Å². The highest BCUT2D eigenvalue weighted by atomic mass is 32.2. The predicted octanol–water partition coefficient (Wildman–Crippen LogP) is 2.50. The predicted molar refractivity (Wildman–Crippen MR) is 79.3 cm³/mol. The second-order valence-corrected chi connectivity index (χ2v) is 7.69. The highest BCUT2D eigenvalue weighted by Crippen LogP contribution is 2.31. The molecule has 0 spiro atoms. The van der Waals surface area contributed by atoms with Gasteiger partial charge in [0.15, 0.2) is 5.84 Å². The van der Waals surface area contributed by atoms with Crippen molar-refractivity contribution in [2.24, 2.45) is 16.2 Å². The molecule has 0 aromatic heterocycles. The van der Waals surface area contributed by atoms with Gasteiger partial charge in [-0.15, -0.1) is 4.40 Å². The number of hydrogen-bond acceptors (Lipinski definition) is 3. The van der Waals surface area contributed by atoms with E-state index in [9.17, 15) is 8.42 Å². The zero-order valence-corrected chi connectivity index (χ0v) is 12.7. The van der Waals surface area contributed by atoms with Crippen LogP contribution >= 0.6 is 0 Å². The van der Waals surface area contributed by atoms with E-state index in [1.165, 1.54) is 6.42 Å². The van der Waals surface area contributed by atoms with Gasteiger partial charge in [-0.3, -0.25) is 0 Å². The lowest BCUT2D eigenvalue weighted by Gasteiger charge is -2.19. The van der Waals surface area contributed by atoms with Gasteiger partial charge in [0, 0.05) is 18.7 Å². The minimum Gasteiger partial charge on any atom is -0.355 e. The fourth-order valence-corrected chi connectivity index (χ4v) is 4.43. The molecule has 0 radical (unpaired) electrons. The van der Waals surface area contributed by atoms with Gasteiger partial charge in [-0.1, -0.05) is 26.0 Å². The largest absolute Gasteiger partial charge is 0.355 e. The molecular weight excluding hydrogens is 272 g/mol. The second-order valence-electron chi connectivity index (χ2n) is 6.12. The SMILES string of the molecule is CC(C)CC1CCN(C2=NS(=O)(=O)c3ccccc32)C1. The third-order valence-electron chi connectivity index (χ3n) is 4.00. The molecule has 0 aliphatic carbocycles. The van der Waals surface area contributed by atoms with Gasteiger partial charge in [0.1, 0.15) is 4.90 Å². The van der Waals surface area contributed by atoms with Gasteiger partial charge in [-0.05, 0) is 36.8 Å².